The largest absolute Gasteiger partial charge is 0.310 e. The second-order valence-electron chi connectivity index (χ2n) is 4.42. The molecule has 1 atom stereocenters. The Kier molecular flexibility index (Phi) is 3.81. The molecule has 78 valence electrons. The summed E-state index contributed by atoms with van der Waals surface area (Å²) in [6.07, 6.45) is 16.4. The molecule has 0 aromatic carbocycles. The minimum atomic E-state index is 0.658. The molecule has 0 saturated heterocycles. The summed E-state index contributed by atoms with van der Waals surface area (Å²) in [6.45, 7) is 1.17. The molecule has 0 radical (unpaired) electrons. The highest BCUT2D eigenvalue weighted by molar-refractivity contribution is 5.08. The van der Waals surface area contributed by atoms with Crippen LogP contribution < -0.4 is 5.32 Å². The van der Waals surface area contributed by atoms with Gasteiger partial charge in [-0.05, 0) is 51.5 Å². The first-order valence-corrected chi connectivity index (χ1v) is 6.03. The van der Waals surface area contributed by atoms with E-state index in [1.54, 1.807) is 5.57 Å². The molecule has 0 bridgehead atoms. The van der Waals surface area contributed by atoms with Crippen LogP contribution in [0.15, 0.2) is 23.8 Å². The maximum atomic E-state index is 3.62. The van der Waals surface area contributed by atoms with Crippen LogP contribution in [0.3, 0.4) is 0 Å². The van der Waals surface area contributed by atoms with Crippen molar-refractivity contribution in [3.63, 3.8) is 0 Å². The van der Waals surface area contributed by atoms with E-state index in [0.717, 1.165) is 0 Å². The van der Waals surface area contributed by atoms with Gasteiger partial charge in [0, 0.05) is 6.04 Å². The van der Waals surface area contributed by atoms with Crippen LogP contribution in [0.25, 0.3) is 0 Å². The Hall–Kier alpha value is -0.560. The van der Waals surface area contributed by atoms with Gasteiger partial charge < -0.3 is 5.32 Å². The molecule has 1 nitrogen and oxygen atoms in total. The lowest BCUT2D eigenvalue weighted by Gasteiger charge is -2.17. The van der Waals surface area contributed by atoms with E-state index in [9.17, 15) is 0 Å². The fourth-order valence-electron chi connectivity index (χ4n) is 2.36. The van der Waals surface area contributed by atoms with Crippen molar-refractivity contribution in [1.29, 1.82) is 0 Å². The predicted molar refractivity (Wildman–Crippen MR) is 61.3 cm³/mol. The van der Waals surface area contributed by atoms with E-state index in [2.05, 4.69) is 23.5 Å². The van der Waals surface area contributed by atoms with Crippen LogP contribution in [-0.4, -0.2) is 12.6 Å². The topological polar surface area (TPSA) is 12.0 Å². The summed E-state index contributed by atoms with van der Waals surface area (Å²) in [6, 6.07) is 0.658. The molecule has 14 heavy (non-hydrogen) atoms. The SMILES string of the molecule is C1=CC(NCCC2=CCCC2)CCC1. The highest BCUT2D eigenvalue weighted by atomic mass is 14.9. The summed E-state index contributed by atoms with van der Waals surface area (Å²) < 4.78 is 0. The van der Waals surface area contributed by atoms with E-state index in [4.69, 9.17) is 0 Å². The minimum absolute atomic E-state index is 0.658. The van der Waals surface area contributed by atoms with Crippen LogP contribution in [0.1, 0.15) is 44.9 Å². The molecular weight excluding hydrogens is 170 g/mol. The van der Waals surface area contributed by atoms with Crippen LogP contribution in [0, 0.1) is 0 Å². The van der Waals surface area contributed by atoms with Gasteiger partial charge in [0.1, 0.15) is 0 Å². The van der Waals surface area contributed by atoms with Gasteiger partial charge in [-0.2, -0.15) is 0 Å². The molecule has 0 aromatic rings. The monoisotopic (exact) mass is 191 g/mol. The summed E-state index contributed by atoms with van der Waals surface area (Å²) in [5.41, 5.74) is 1.68. The fraction of sp³-hybridized carbons (Fsp3) is 0.692. The molecule has 0 aromatic heterocycles. The second kappa shape index (κ2) is 5.35. The zero-order valence-electron chi connectivity index (χ0n) is 8.97. The molecule has 0 aliphatic heterocycles. The number of hydrogen-bond donors (Lipinski definition) is 1. The van der Waals surface area contributed by atoms with Crippen molar-refractivity contribution in [3.8, 4) is 0 Å². The third-order valence-electron chi connectivity index (χ3n) is 3.24. The van der Waals surface area contributed by atoms with Crippen molar-refractivity contribution in [2.45, 2.75) is 51.0 Å². The zero-order chi connectivity index (χ0) is 9.64. The molecule has 0 fully saturated rings. The van der Waals surface area contributed by atoms with Crippen LogP contribution in [0.5, 0.6) is 0 Å². The predicted octanol–water partition coefficient (Wildman–Crippen LogP) is 3.19. The summed E-state index contributed by atoms with van der Waals surface area (Å²) in [5, 5.41) is 3.62. The summed E-state index contributed by atoms with van der Waals surface area (Å²) in [4.78, 5) is 0. The van der Waals surface area contributed by atoms with Crippen LogP contribution in [0.2, 0.25) is 0 Å². The van der Waals surface area contributed by atoms with Crippen molar-refractivity contribution in [1.82, 2.24) is 5.32 Å². The first-order valence-electron chi connectivity index (χ1n) is 6.03. The van der Waals surface area contributed by atoms with Crippen molar-refractivity contribution < 1.29 is 0 Å². The van der Waals surface area contributed by atoms with Gasteiger partial charge >= 0.3 is 0 Å². The van der Waals surface area contributed by atoms with E-state index in [1.165, 1.54) is 51.5 Å². The molecular formula is C13H21N. The van der Waals surface area contributed by atoms with E-state index in [1.807, 2.05) is 0 Å². The maximum Gasteiger partial charge on any atom is 0.0250 e. The van der Waals surface area contributed by atoms with E-state index in [0.29, 0.717) is 6.04 Å². The average molecular weight is 191 g/mol. The average Bonchev–Trinajstić information content (AvgIpc) is 2.72. The molecule has 2 rings (SSSR count). The molecule has 0 heterocycles. The molecule has 2 aliphatic carbocycles. The van der Waals surface area contributed by atoms with Crippen LogP contribution in [0.4, 0.5) is 0 Å². The first-order chi connectivity index (χ1) is 6.95. The summed E-state index contributed by atoms with van der Waals surface area (Å²) in [7, 11) is 0. The van der Waals surface area contributed by atoms with Gasteiger partial charge in [0.25, 0.3) is 0 Å². The maximum absolute atomic E-state index is 3.62. The van der Waals surface area contributed by atoms with E-state index in [-0.39, 0.29) is 0 Å². The van der Waals surface area contributed by atoms with Crippen molar-refractivity contribution in [3.05, 3.63) is 23.8 Å². The van der Waals surface area contributed by atoms with Crippen molar-refractivity contribution in [2.75, 3.05) is 6.54 Å². The van der Waals surface area contributed by atoms with Gasteiger partial charge in [-0.3, -0.25) is 0 Å². The van der Waals surface area contributed by atoms with E-state index >= 15 is 0 Å². The highest BCUT2D eigenvalue weighted by Crippen LogP contribution is 2.20. The Balaban J connectivity index is 1.62. The van der Waals surface area contributed by atoms with Crippen molar-refractivity contribution >= 4 is 0 Å². The second-order valence-corrected chi connectivity index (χ2v) is 4.42. The lowest BCUT2D eigenvalue weighted by Crippen LogP contribution is -2.29. The Morgan fingerprint density at radius 3 is 3.00 bits per heavy atom. The molecule has 2 aliphatic rings. The first kappa shape index (κ1) is 9.97. The highest BCUT2D eigenvalue weighted by Gasteiger charge is 2.08. The Labute approximate surface area is 87.3 Å². The molecule has 0 spiro atoms. The minimum Gasteiger partial charge on any atom is -0.310 e. The Bertz CT molecular complexity index is 227. The molecule has 0 amide bonds. The van der Waals surface area contributed by atoms with Gasteiger partial charge in [0.2, 0.25) is 0 Å². The lowest BCUT2D eigenvalue weighted by molar-refractivity contribution is 0.523. The molecule has 1 N–H and O–H groups in total. The standard InChI is InChI=1S/C13H21N/c1-2-8-13(9-3-1)14-11-10-12-6-4-5-7-12/h2,6,8,13-14H,1,3-5,7,9-11H2. The van der Waals surface area contributed by atoms with E-state index < -0.39 is 0 Å². The summed E-state index contributed by atoms with van der Waals surface area (Å²) >= 11 is 0. The number of nitrogens with one attached hydrogen (secondary N) is 1. The summed E-state index contributed by atoms with van der Waals surface area (Å²) in [5.74, 6) is 0. The normalized spacial score (nSPS) is 26.6. The Morgan fingerprint density at radius 1 is 1.29 bits per heavy atom. The van der Waals surface area contributed by atoms with Gasteiger partial charge in [0.05, 0.1) is 0 Å². The third-order valence-corrected chi connectivity index (χ3v) is 3.24. The van der Waals surface area contributed by atoms with Crippen LogP contribution >= 0.6 is 0 Å². The zero-order valence-corrected chi connectivity index (χ0v) is 8.97. The van der Waals surface area contributed by atoms with Gasteiger partial charge in [-0.1, -0.05) is 23.8 Å². The Morgan fingerprint density at radius 2 is 2.29 bits per heavy atom. The molecule has 1 unspecified atom stereocenters. The fourth-order valence-corrected chi connectivity index (χ4v) is 2.36. The smallest absolute Gasteiger partial charge is 0.0250 e. The molecule has 1 heteroatoms. The van der Waals surface area contributed by atoms with Gasteiger partial charge in [-0.25, -0.2) is 0 Å². The quantitative estimate of drug-likeness (QED) is 0.673. The van der Waals surface area contributed by atoms with Gasteiger partial charge in [-0.15, -0.1) is 0 Å². The third kappa shape index (κ3) is 2.98. The number of rotatable bonds is 4. The molecule has 0 saturated carbocycles. The van der Waals surface area contributed by atoms with Crippen molar-refractivity contribution in [2.24, 2.45) is 0 Å². The number of allylic oxidation sites excluding steroid dienone is 2. The number of hydrogen-bond acceptors (Lipinski definition) is 1. The van der Waals surface area contributed by atoms with Gasteiger partial charge in [0.15, 0.2) is 0 Å². The lowest BCUT2D eigenvalue weighted by atomic mass is 10.0. The van der Waals surface area contributed by atoms with Crippen LogP contribution in [-0.2, 0) is 0 Å².